The van der Waals surface area contributed by atoms with E-state index in [4.69, 9.17) is 10.5 Å². The zero-order chi connectivity index (χ0) is 26.9. The lowest BCUT2D eigenvalue weighted by Crippen LogP contribution is -2.68. The van der Waals surface area contributed by atoms with Crippen LogP contribution in [0.15, 0.2) is 23.2 Å². The molecule has 0 aromatic rings. The molecule has 2 fully saturated rings. The first-order valence-electron chi connectivity index (χ1n) is 13.7. The zero-order valence-electron chi connectivity index (χ0n) is 22.9. The highest BCUT2D eigenvalue weighted by Crippen LogP contribution is 2.21. The highest BCUT2D eigenvalue weighted by atomic mass is 19.1. The summed E-state index contributed by atoms with van der Waals surface area (Å²) in [5, 5.41) is 12.6. The van der Waals surface area contributed by atoms with Crippen LogP contribution in [0, 0.1) is 5.92 Å². The molecule has 37 heavy (non-hydrogen) atoms. The van der Waals surface area contributed by atoms with Gasteiger partial charge in [0.15, 0.2) is 0 Å². The topological polar surface area (TPSA) is 107 Å². The highest BCUT2D eigenvalue weighted by Gasteiger charge is 2.41. The van der Waals surface area contributed by atoms with E-state index in [1.54, 1.807) is 13.2 Å². The number of carbonyl (C=O) groups is 1. The van der Waals surface area contributed by atoms with E-state index in [0.717, 1.165) is 50.4 Å². The van der Waals surface area contributed by atoms with Crippen molar-refractivity contribution in [2.75, 3.05) is 66.1 Å². The number of carbonyl (C=O) groups excluding carboxylic acids is 1. The molecule has 9 nitrogen and oxygen atoms in total. The predicted octanol–water partition coefficient (Wildman–Crippen LogP) is 0.455. The molecule has 0 bridgehead atoms. The number of amides is 1. The van der Waals surface area contributed by atoms with Crippen LogP contribution in [0.25, 0.3) is 0 Å². The van der Waals surface area contributed by atoms with Crippen LogP contribution in [-0.2, 0) is 9.53 Å². The Morgan fingerprint density at radius 2 is 2.00 bits per heavy atom. The van der Waals surface area contributed by atoms with Crippen molar-refractivity contribution < 1.29 is 18.3 Å². The number of hydrogen-bond acceptors (Lipinski definition) is 8. The van der Waals surface area contributed by atoms with Gasteiger partial charge in [0.25, 0.3) is 0 Å². The number of allylic oxidation sites excluding steroid dienone is 3. The van der Waals surface area contributed by atoms with Crippen molar-refractivity contribution in [3.8, 4) is 0 Å². The van der Waals surface area contributed by atoms with Crippen molar-refractivity contribution in [2.45, 2.75) is 64.1 Å². The minimum Gasteiger partial charge on any atom is -0.383 e. The number of nitrogens with two attached hydrogens (primary N) is 1. The number of halogens is 2. The third-order valence-electron chi connectivity index (χ3n) is 7.79. The molecule has 0 saturated carbocycles. The maximum absolute atomic E-state index is 15.3. The van der Waals surface area contributed by atoms with Gasteiger partial charge in [-0.2, -0.15) is 0 Å². The fourth-order valence-corrected chi connectivity index (χ4v) is 5.67. The smallest absolute Gasteiger partial charge is 0.228 e. The second-order valence-electron chi connectivity index (χ2n) is 10.5. The third-order valence-corrected chi connectivity index (χ3v) is 7.79. The molecule has 6 atom stereocenters. The van der Waals surface area contributed by atoms with Crippen LogP contribution in [0.5, 0.6) is 0 Å². The van der Waals surface area contributed by atoms with Gasteiger partial charge in [-0.1, -0.05) is 13.3 Å². The first-order chi connectivity index (χ1) is 17.7. The molecule has 1 amide bonds. The number of alkyl halides is 1. The molecule has 0 spiro atoms. The molecule has 6 N–H and O–H groups in total. The summed E-state index contributed by atoms with van der Waals surface area (Å²) in [5.41, 5.74) is 8.14. The van der Waals surface area contributed by atoms with Crippen LogP contribution in [0.4, 0.5) is 8.78 Å². The molecule has 3 rings (SSSR count). The van der Waals surface area contributed by atoms with E-state index in [0.29, 0.717) is 19.6 Å². The maximum Gasteiger partial charge on any atom is 0.228 e. The fraction of sp³-hybridized carbons (Fsp3) is 0.808. The summed E-state index contributed by atoms with van der Waals surface area (Å²) in [7, 11) is 1.69. The Bertz CT molecular complexity index is 804. The van der Waals surface area contributed by atoms with Gasteiger partial charge >= 0.3 is 0 Å². The molecule has 6 unspecified atom stereocenters. The van der Waals surface area contributed by atoms with E-state index in [1.165, 1.54) is 0 Å². The number of piperazine rings is 1. The fourth-order valence-electron chi connectivity index (χ4n) is 5.67. The van der Waals surface area contributed by atoms with Crippen molar-refractivity contribution >= 4 is 5.91 Å². The molecule has 0 aromatic carbocycles. The van der Waals surface area contributed by atoms with Gasteiger partial charge in [-0.25, -0.2) is 8.78 Å². The summed E-state index contributed by atoms with van der Waals surface area (Å²) in [4.78, 5) is 18.1. The van der Waals surface area contributed by atoms with Gasteiger partial charge in [0.2, 0.25) is 5.91 Å². The van der Waals surface area contributed by atoms with Crippen molar-refractivity contribution in [3.05, 3.63) is 23.2 Å². The Morgan fingerprint density at radius 1 is 1.27 bits per heavy atom. The van der Waals surface area contributed by atoms with E-state index in [9.17, 15) is 9.18 Å². The molecule has 11 heteroatoms. The minimum atomic E-state index is -1.10. The Kier molecular flexibility index (Phi) is 11.7. The van der Waals surface area contributed by atoms with Crippen LogP contribution in [-0.4, -0.2) is 112 Å². The lowest BCUT2D eigenvalue weighted by molar-refractivity contribution is -0.128. The molecule has 3 aliphatic heterocycles. The first-order valence-corrected chi connectivity index (χ1v) is 13.7. The van der Waals surface area contributed by atoms with Crippen LogP contribution in [0.1, 0.15) is 33.6 Å². The maximum atomic E-state index is 15.3. The van der Waals surface area contributed by atoms with E-state index in [-0.39, 0.29) is 24.8 Å². The number of rotatable bonds is 8. The molecule has 0 radical (unpaired) electrons. The summed E-state index contributed by atoms with van der Waals surface area (Å²) < 4.78 is 35.0. The van der Waals surface area contributed by atoms with Gasteiger partial charge in [-0.05, 0) is 31.9 Å². The molecule has 0 aromatic heterocycles. The quantitative estimate of drug-likeness (QED) is 0.310. The van der Waals surface area contributed by atoms with Crippen molar-refractivity contribution in [1.29, 1.82) is 0 Å². The number of ether oxygens (including phenoxy) is 1. The SMILES string of the molecule is CCCC1=C(C)NC(N)C(C(=O)NC2CNCC(F)C2N2CCN(CCOC)CC2)C(C)NCC(F)=C1. The second-order valence-corrected chi connectivity index (χ2v) is 10.5. The van der Waals surface area contributed by atoms with Gasteiger partial charge in [0.1, 0.15) is 12.0 Å². The summed E-state index contributed by atoms with van der Waals surface area (Å²) in [6.07, 6.45) is 1.33. The number of nitrogens with zero attached hydrogens (tertiary/aromatic N) is 2. The average molecular weight is 528 g/mol. The molecular formula is C26H47F2N7O2. The van der Waals surface area contributed by atoms with Crippen LogP contribution >= 0.6 is 0 Å². The first kappa shape index (κ1) is 29.9. The van der Waals surface area contributed by atoms with Crippen molar-refractivity contribution in [3.63, 3.8) is 0 Å². The van der Waals surface area contributed by atoms with E-state index in [1.807, 2.05) is 20.8 Å². The van der Waals surface area contributed by atoms with Gasteiger partial charge in [0, 0.05) is 71.2 Å². The van der Waals surface area contributed by atoms with E-state index < -0.39 is 36.4 Å². The van der Waals surface area contributed by atoms with Gasteiger partial charge < -0.3 is 31.7 Å². The van der Waals surface area contributed by atoms with Crippen LogP contribution < -0.4 is 27.0 Å². The molecule has 3 aliphatic rings. The van der Waals surface area contributed by atoms with Gasteiger partial charge in [-0.15, -0.1) is 0 Å². The summed E-state index contributed by atoms with van der Waals surface area (Å²) in [6.45, 7) is 11.2. The predicted molar refractivity (Wildman–Crippen MR) is 142 cm³/mol. The van der Waals surface area contributed by atoms with Crippen molar-refractivity contribution in [2.24, 2.45) is 11.7 Å². The molecule has 3 heterocycles. The summed E-state index contributed by atoms with van der Waals surface area (Å²) in [5.74, 6) is -1.23. The Hall–Kier alpha value is -1.63. The lowest BCUT2D eigenvalue weighted by Gasteiger charge is -2.46. The van der Waals surface area contributed by atoms with Gasteiger partial charge in [0.05, 0.1) is 30.8 Å². The minimum absolute atomic E-state index is 0.0195. The van der Waals surface area contributed by atoms with Crippen LogP contribution in [0.3, 0.4) is 0 Å². The second kappa shape index (κ2) is 14.5. The number of piperidine rings is 1. The molecule has 0 aliphatic carbocycles. The number of methoxy groups -OCH3 is 1. The van der Waals surface area contributed by atoms with Gasteiger partial charge in [-0.3, -0.25) is 14.6 Å². The summed E-state index contributed by atoms with van der Waals surface area (Å²) >= 11 is 0. The standard InChI is InChI=1S/C26H47F2N7O2/c1-5-6-19-13-20(27)14-31-18(3)23(25(29)32-17(19)2)26(36)33-22-16-30-15-21(28)24(22)35-9-7-34(8-10-35)11-12-37-4/h13,18,21-25,30-32H,5-12,14-16,29H2,1-4H3,(H,33,36). The lowest BCUT2D eigenvalue weighted by atomic mass is 9.92. The van der Waals surface area contributed by atoms with Crippen LogP contribution in [0.2, 0.25) is 0 Å². The molecule has 212 valence electrons. The third kappa shape index (κ3) is 8.18. The summed E-state index contributed by atoms with van der Waals surface area (Å²) in [6, 6.07) is -1.22. The average Bonchev–Trinajstić information content (AvgIpc) is 2.86. The normalized spacial score (nSPS) is 33.0. The zero-order valence-corrected chi connectivity index (χ0v) is 22.9. The molecular weight excluding hydrogens is 480 g/mol. The number of hydrogen-bond donors (Lipinski definition) is 5. The number of nitrogens with one attached hydrogen (secondary N) is 4. The Balaban J connectivity index is 1.72. The monoisotopic (exact) mass is 527 g/mol. The largest absolute Gasteiger partial charge is 0.383 e. The Morgan fingerprint density at radius 3 is 2.68 bits per heavy atom. The van der Waals surface area contributed by atoms with E-state index in [2.05, 4.69) is 31.1 Å². The van der Waals surface area contributed by atoms with Crippen molar-refractivity contribution in [1.82, 2.24) is 31.1 Å². The highest BCUT2D eigenvalue weighted by molar-refractivity contribution is 5.80. The van der Waals surface area contributed by atoms with E-state index >= 15 is 4.39 Å². The Labute approximate surface area is 220 Å². The molecule has 2 saturated heterocycles.